The lowest BCUT2D eigenvalue weighted by Crippen LogP contribution is -2.50. The molecule has 2 atom stereocenters. The average molecular weight is 327 g/mol. The molecule has 6 heteroatoms. The number of amides is 2. The van der Waals surface area contributed by atoms with Gasteiger partial charge in [-0.2, -0.15) is 0 Å². The molecule has 1 aromatic rings. The van der Waals surface area contributed by atoms with Crippen LogP contribution < -0.4 is 10.6 Å². The number of hydrogen-bond acceptors (Lipinski definition) is 3. The van der Waals surface area contributed by atoms with E-state index in [2.05, 4.69) is 10.6 Å². The van der Waals surface area contributed by atoms with Gasteiger partial charge in [0.2, 0.25) is 5.91 Å². The maximum atomic E-state index is 12.4. The van der Waals surface area contributed by atoms with Crippen molar-refractivity contribution in [3.8, 4) is 0 Å². The van der Waals surface area contributed by atoms with Crippen LogP contribution >= 0.6 is 11.6 Å². The number of halogens is 1. The molecular weight excluding hydrogens is 304 g/mol. The summed E-state index contributed by atoms with van der Waals surface area (Å²) in [5.74, 6) is -0.299. The second kappa shape index (κ2) is 8.63. The molecule has 0 aliphatic rings. The maximum absolute atomic E-state index is 12.4. The van der Waals surface area contributed by atoms with Crippen molar-refractivity contribution in [3.05, 3.63) is 34.9 Å². The third-order valence-electron chi connectivity index (χ3n) is 3.23. The summed E-state index contributed by atoms with van der Waals surface area (Å²) < 4.78 is 4.83. The normalized spacial score (nSPS) is 13.4. The zero-order chi connectivity index (χ0) is 16.7. The van der Waals surface area contributed by atoms with E-state index in [0.29, 0.717) is 5.02 Å². The Balaban J connectivity index is 2.70. The first-order chi connectivity index (χ1) is 10.3. The molecule has 0 heterocycles. The SMILES string of the molecule is CCOC(=O)NC(C(=O)NC(C)c1ccc(Cl)cc1)C(C)C. The van der Waals surface area contributed by atoms with E-state index in [-0.39, 0.29) is 24.5 Å². The van der Waals surface area contributed by atoms with Crippen LogP contribution in [0.1, 0.15) is 39.3 Å². The Labute approximate surface area is 136 Å². The van der Waals surface area contributed by atoms with E-state index in [0.717, 1.165) is 5.56 Å². The topological polar surface area (TPSA) is 67.4 Å². The standard InChI is InChI=1S/C16H23ClN2O3/c1-5-22-16(21)19-14(10(2)3)15(20)18-11(4)12-6-8-13(17)9-7-12/h6-11,14H,5H2,1-4H3,(H,18,20)(H,19,21). The lowest BCUT2D eigenvalue weighted by molar-refractivity contribution is -0.124. The van der Waals surface area contributed by atoms with Gasteiger partial charge < -0.3 is 15.4 Å². The van der Waals surface area contributed by atoms with Gasteiger partial charge in [-0.3, -0.25) is 4.79 Å². The zero-order valence-electron chi connectivity index (χ0n) is 13.4. The second-order valence-corrected chi connectivity index (χ2v) is 5.80. The Kier molecular flexibility index (Phi) is 7.18. The van der Waals surface area contributed by atoms with Crippen LogP contribution in [0.25, 0.3) is 0 Å². The van der Waals surface area contributed by atoms with Gasteiger partial charge in [0, 0.05) is 5.02 Å². The van der Waals surface area contributed by atoms with E-state index >= 15 is 0 Å². The van der Waals surface area contributed by atoms with Crippen molar-refractivity contribution in [1.82, 2.24) is 10.6 Å². The summed E-state index contributed by atoms with van der Waals surface area (Å²) in [6, 6.07) is 6.43. The van der Waals surface area contributed by atoms with E-state index in [1.165, 1.54) is 0 Å². The van der Waals surface area contributed by atoms with Gasteiger partial charge in [0.05, 0.1) is 12.6 Å². The largest absolute Gasteiger partial charge is 0.450 e. The number of carbonyl (C=O) groups excluding carboxylic acids is 2. The quantitative estimate of drug-likeness (QED) is 0.843. The molecule has 1 aromatic carbocycles. The van der Waals surface area contributed by atoms with Crippen molar-refractivity contribution in [1.29, 1.82) is 0 Å². The molecule has 0 spiro atoms. The molecule has 2 N–H and O–H groups in total. The number of alkyl carbamates (subject to hydrolysis) is 1. The number of hydrogen-bond donors (Lipinski definition) is 2. The fourth-order valence-corrected chi connectivity index (χ4v) is 2.10. The number of rotatable bonds is 6. The summed E-state index contributed by atoms with van der Waals surface area (Å²) in [6.45, 7) is 7.59. The molecule has 0 saturated heterocycles. The minimum absolute atomic E-state index is 0.0539. The van der Waals surface area contributed by atoms with Crippen molar-refractivity contribution >= 4 is 23.6 Å². The van der Waals surface area contributed by atoms with Crippen LogP contribution in [0.15, 0.2) is 24.3 Å². The minimum atomic E-state index is -0.645. The molecule has 22 heavy (non-hydrogen) atoms. The van der Waals surface area contributed by atoms with Crippen molar-refractivity contribution in [2.45, 2.75) is 39.8 Å². The molecule has 0 bridgehead atoms. The van der Waals surface area contributed by atoms with Crippen molar-refractivity contribution in [2.75, 3.05) is 6.61 Å². The van der Waals surface area contributed by atoms with E-state index in [4.69, 9.17) is 16.3 Å². The molecule has 122 valence electrons. The fourth-order valence-electron chi connectivity index (χ4n) is 1.97. The molecule has 2 unspecified atom stereocenters. The zero-order valence-corrected chi connectivity index (χ0v) is 14.1. The van der Waals surface area contributed by atoms with Gasteiger partial charge in [0.1, 0.15) is 6.04 Å². The lowest BCUT2D eigenvalue weighted by Gasteiger charge is -2.23. The van der Waals surface area contributed by atoms with Crippen LogP contribution in [0, 0.1) is 5.92 Å². The highest BCUT2D eigenvalue weighted by atomic mass is 35.5. The Morgan fingerprint density at radius 2 is 1.73 bits per heavy atom. The highest BCUT2D eigenvalue weighted by Crippen LogP contribution is 2.16. The van der Waals surface area contributed by atoms with E-state index < -0.39 is 12.1 Å². The van der Waals surface area contributed by atoms with Crippen molar-refractivity contribution < 1.29 is 14.3 Å². The summed E-state index contributed by atoms with van der Waals surface area (Å²) in [6.07, 6.45) is -0.588. The van der Waals surface area contributed by atoms with Gasteiger partial charge >= 0.3 is 6.09 Å². The predicted octanol–water partition coefficient (Wildman–Crippen LogP) is 3.29. The predicted molar refractivity (Wildman–Crippen MR) is 86.8 cm³/mol. The van der Waals surface area contributed by atoms with Gasteiger partial charge in [0.25, 0.3) is 0 Å². The molecule has 0 aromatic heterocycles. The summed E-state index contributed by atoms with van der Waals surface area (Å²) in [4.78, 5) is 23.9. The summed E-state index contributed by atoms with van der Waals surface area (Å²) in [7, 11) is 0. The second-order valence-electron chi connectivity index (χ2n) is 5.37. The molecular formula is C16H23ClN2O3. The number of ether oxygens (including phenoxy) is 1. The van der Waals surface area contributed by atoms with E-state index in [1.807, 2.05) is 32.9 Å². The summed E-state index contributed by atoms with van der Waals surface area (Å²) in [5, 5.41) is 6.13. The van der Waals surface area contributed by atoms with Crippen LogP contribution in [0.4, 0.5) is 4.79 Å². The van der Waals surface area contributed by atoms with Crippen LogP contribution in [0.5, 0.6) is 0 Å². The van der Waals surface area contributed by atoms with Gasteiger partial charge in [-0.1, -0.05) is 37.6 Å². The average Bonchev–Trinajstić information content (AvgIpc) is 2.45. The Hall–Kier alpha value is -1.75. The minimum Gasteiger partial charge on any atom is -0.450 e. The van der Waals surface area contributed by atoms with Gasteiger partial charge in [-0.15, -0.1) is 0 Å². The van der Waals surface area contributed by atoms with Crippen molar-refractivity contribution in [2.24, 2.45) is 5.92 Å². The molecule has 5 nitrogen and oxygen atoms in total. The number of nitrogens with one attached hydrogen (secondary N) is 2. The maximum Gasteiger partial charge on any atom is 0.407 e. The van der Waals surface area contributed by atoms with Gasteiger partial charge in [0.15, 0.2) is 0 Å². The van der Waals surface area contributed by atoms with E-state index in [9.17, 15) is 9.59 Å². The molecule has 0 saturated carbocycles. The molecule has 0 fully saturated rings. The van der Waals surface area contributed by atoms with Crippen LogP contribution in [-0.4, -0.2) is 24.6 Å². The Morgan fingerprint density at radius 1 is 1.14 bits per heavy atom. The van der Waals surface area contributed by atoms with E-state index in [1.54, 1.807) is 19.1 Å². The number of benzene rings is 1. The smallest absolute Gasteiger partial charge is 0.407 e. The lowest BCUT2D eigenvalue weighted by atomic mass is 10.0. The first kappa shape index (κ1) is 18.3. The first-order valence-corrected chi connectivity index (χ1v) is 7.72. The van der Waals surface area contributed by atoms with Gasteiger partial charge in [-0.05, 0) is 37.5 Å². The molecule has 0 aliphatic carbocycles. The highest BCUT2D eigenvalue weighted by molar-refractivity contribution is 6.30. The Morgan fingerprint density at radius 3 is 2.23 bits per heavy atom. The van der Waals surface area contributed by atoms with Crippen LogP contribution in [0.2, 0.25) is 5.02 Å². The molecule has 1 rings (SSSR count). The van der Waals surface area contributed by atoms with Crippen LogP contribution in [-0.2, 0) is 9.53 Å². The summed E-state index contributed by atoms with van der Waals surface area (Å²) >= 11 is 5.85. The Bertz CT molecular complexity index is 503. The fraction of sp³-hybridized carbons (Fsp3) is 0.500. The highest BCUT2D eigenvalue weighted by Gasteiger charge is 2.25. The monoisotopic (exact) mass is 326 g/mol. The number of carbonyl (C=O) groups is 2. The van der Waals surface area contributed by atoms with Crippen molar-refractivity contribution in [3.63, 3.8) is 0 Å². The van der Waals surface area contributed by atoms with Gasteiger partial charge in [-0.25, -0.2) is 4.79 Å². The molecule has 0 radical (unpaired) electrons. The summed E-state index contributed by atoms with van der Waals surface area (Å²) in [5.41, 5.74) is 0.941. The molecule has 2 amide bonds. The third kappa shape index (κ3) is 5.56. The first-order valence-electron chi connectivity index (χ1n) is 7.34. The third-order valence-corrected chi connectivity index (χ3v) is 3.48. The molecule has 0 aliphatic heterocycles. The van der Waals surface area contributed by atoms with Crippen LogP contribution in [0.3, 0.4) is 0 Å².